The molecular weight excluding hydrogens is 261 g/mol. The van der Waals surface area contributed by atoms with E-state index in [4.69, 9.17) is 28.3 Å². The minimum Gasteiger partial charge on any atom is -0.480 e. The lowest BCUT2D eigenvalue weighted by Crippen LogP contribution is -2.29. The van der Waals surface area contributed by atoms with E-state index in [0.29, 0.717) is 23.1 Å². The topological polar surface area (TPSA) is 40.5 Å². The van der Waals surface area contributed by atoms with Gasteiger partial charge in [-0.2, -0.15) is 0 Å². The van der Waals surface area contributed by atoms with Gasteiger partial charge in [0.05, 0.1) is 16.6 Å². The van der Waals surface area contributed by atoms with Gasteiger partial charge in [-0.15, -0.1) is 6.58 Å². The summed E-state index contributed by atoms with van der Waals surface area (Å²) in [6, 6.07) is 5.26. The van der Waals surface area contributed by atoms with Crippen molar-refractivity contribution in [3.63, 3.8) is 0 Å². The van der Waals surface area contributed by atoms with Crippen molar-refractivity contribution in [2.75, 3.05) is 13.1 Å². The Hall–Kier alpha value is -1.03. The standard InChI is InChI=1S/C12H13Cl2NO2/c1-2-5-15(8-12(16)17)7-9-3-4-10(13)11(14)6-9/h2-4,6H,1,5,7-8H2,(H,16,17). The van der Waals surface area contributed by atoms with E-state index >= 15 is 0 Å². The molecular formula is C12H13Cl2NO2. The number of carboxylic acid groups (broad SMARTS) is 1. The highest BCUT2D eigenvalue weighted by Crippen LogP contribution is 2.23. The highest BCUT2D eigenvalue weighted by atomic mass is 35.5. The van der Waals surface area contributed by atoms with Gasteiger partial charge in [0.25, 0.3) is 0 Å². The predicted molar refractivity (Wildman–Crippen MR) is 69.6 cm³/mol. The van der Waals surface area contributed by atoms with Crippen molar-refractivity contribution >= 4 is 29.2 Å². The molecule has 0 amide bonds. The molecule has 0 radical (unpaired) electrons. The molecule has 0 heterocycles. The summed E-state index contributed by atoms with van der Waals surface area (Å²) in [5, 5.41) is 9.72. The van der Waals surface area contributed by atoms with E-state index in [1.54, 1.807) is 23.1 Å². The molecule has 1 aromatic carbocycles. The lowest BCUT2D eigenvalue weighted by molar-refractivity contribution is -0.138. The van der Waals surface area contributed by atoms with Crippen LogP contribution in [-0.4, -0.2) is 29.1 Å². The van der Waals surface area contributed by atoms with Crippen LogP contribution in [0.2, 0.25) is 10.0 Å². The summed E-state index contributed by atoms with van der Waals surface area (Å²) < 4.78 is 0. The Morgan fingerprint density at radius 1 is 1.41 bits per heavy atom. The molecule has 17 heavy (non-hydrogen) atoms. The van der Waals surface area contributed by atoms with E-state index in [1.165, 1.54) is 0 Å². The molecule has 0 bridgehead atoms. The Labute approximate surface area is 110 Å². The lowest BCUT2D eigenvalue weighted by Gasteiger charge is -2.18. The lowest BCUT2D eigenvalue weighted by atomic mass is 10.2. The Kier molecular flexibility index (Phi) is 5.48. The van der Waals surface area contributed by atoms with Crippen molar-refractivity contribution in [3.8, 4) is 0 Å². The van der Waals surface area contributed by atoms with Gasteiger partial charge in [-0.25, -0.2) is 0 Å². The van der Waals surface area contributed by atoms with Crippen molar-refractivity contribution in [1.82, 2.24) is 4.90 Å². The van der Waals surface area contributed by atoms with E-state index in [9.17, 15) is 4.79 Å². The number of hydrogen-bond acceptors (Lipinski definition) is 2. The van der Waals surface area contributed by atoms with Crippen molar-refractivity contribution in [2.24, 2.45) is 0 Å². The molecule has 0 aliphatic rings. The first-order chi connectivity index (χ1) is 8.02. The monoisotopic (exact) mass is 273 g/mol. The molecule has 0 aliphatic heterocycles. The highest BCUT2D eigenvalue weighted by Gasteiger charge is 2.09. The fraction of sp³-hybridized carbons (Fsp3) is 0.250. The minimum absolute atomic E-state index is 0.0355. The van der Waals surface area contributed by atoms with Gasteiger partial charge in [-0.3, -0.25) is 9.69 Å². The third kappa shape index (κ3) is 4.77. The number of nitrogens with zero attached hydrogens (tertiary/aromatic N) is 1. The van der Waals surface area contributed by atoms with Crippen LogP contribution in [0, 0.1) is 0 Å². The molecule has 0 saturated heterocycles. The second-order valence-electron chi connectivity index (χ2n) is 3.60. The zero-order valence-corrected chi connectivity index (χ0v) is 10.7. The third-order valence-electron chi connectivity index (χ3n) is 2.14. The second kappa shape index (κ2) is 6.64. The Bertz CT molecular complexity index is 421. The maximum atomic E-state index is 10.7. The van der Waals surface area contributed by atoms with Crippen LogP contribution in [0.5, 0.6) is 0 Å². The van der Waals surface area contributed by atoms with Gasteiger partial charge in [-0.05, 0) is 17.7 Å². The molecule has 92 valence electrons. The summed E-state index contributed by atoms with van der Waals surface area (Å²) in [6.07, 6.45) is 1.67. The smallest absolute Gasteiger partial charge is 0.317 e. The molecule has 3 nitrogen and oxygen atoms in total. The molecule has 1 aromatic rings. The molecule has 1 rings (SSSR count). The predicted octanol–water partition coefficient (Wildman–Crippen LogP) is 3.07. The largest absolute Gasteiger partial charge is 0.480 e. The molecule has 0 saturated carbocycles. The van der Waals surface area contributed by atoms with Crippen LogP contribution in [0.4, 0.5) is 0 Å². The van der Waals surface area contributed by atoms with Crippen LogP contribution in [0.25, 0.3) is 0 Å². The van der Waals surface area contributed by atoms with Gasteiger partial charge in [-0.1, -0.05) is 35.3 Å². The maximum Gasteiger partial charge on any atom is 0.317 e. The number of halogens is 2. The first-order valence-electron chi connectivity index (χ1n) is 5.02. The number of benzene rings is 1. The first kappa shape index (κ1) is 14.0. The van der Waals surface area contributed by atoms with Crippen molar-refractivity contribution in [1.29, 1.82) is 0 Å². The van der Waals surface area contributed by atoms with Gasteiger partial charge in [0, 0.05) is 13.1 Å². The normalized spacial score (nSPS) is 10.5. The minimum atomic E-state index is -0.869. The number of rotatable bonds is 6. The Balaban J connectivity index is 2.74. The summed E-state index contributed by atoms with van der Waals surface area (Å²) >= 11 is 11.7. The number of hydrogen-bond donors (Lipinski definition) is 1. The average molecular weight is 274 g/mol. The quantitative estimate of drug-likeness (QED) is 0.810. The van der Waals surface area contributed by atoms with E-state index in [1.807, 2.05) is 6.07 Å². The molecule has 0 spiro atoms. The zero-order valence-electron chi connectivity index (χ0n) is 9.20. The molecule has 5 heteroatoms. The maximum absolute atomic E-state index is 10.7. The SMILES string of the molecule is C=CCN(CC(=O)O)Cc1ccc(Cl)c(Cl)c1. The molecule has 1 N–H and O–H groups in total. The first-order valence-corrected chi connectivity index (χ1v) is 5.77. The third-order valence-corrected chi connectivity index (χ3v) is 2.88. The summed E-state index contributed by atoms with van der Waals surface area (Å²) in [7, 11) is 0. The fourth-order valence-electron chi connectivity index (χ4n) is 1.46. The summed E-state index contributed by atoms with van der Waals surface area (Å²) in [5.74, 6) is -0.869. The summed E-state index contributed by atoms with van der Waals surface area (Å²) in [4.78, 5) is 12.4. The van der Waals surface area contributed by atoms with Gasteiger partial charge in [0.2, 0.25) is 0 Å². The Morgan fingerprint density at radius 2 is 2.12 bits per heavy atom. The van der Waals surface area contributed by atoms with Gasteiger partial charge in [0.15, 0.2) is 0 Å². The van der Waals surface area contributed by atoms with Crippen molar-refractivity contribution < 1.29 is 9.90 Å². The molecule has 0 aliphatic carbocycles. The van der Waals surface area contributed by atoms with Crippen LogP contribution >= 0.6 is 23.2 Å². The van der Waals surface area contributed by atoms with E-state index in [2.05, 4.69) is 6.58 Å². The zero-order chi connectivity index (χ0) is 12.8. The van der Waals surface area contributed by atoms with Crippen LogP contribution in [0.1, 0.15) is 5.56 Å². The highest BCUT2D eigenvalue weighted by molar-refractivity contribution is 6.42. The van der Waals surface area contributed by atoms with Crippen molar-refractivity contribution in [3.05, 3.63) is 46.5 Å². The van der Waals surface area contributed by atoms with E-state index < -0.39 is 5.97 Å². The second-order valence-corrected chi connectivity index (χ2v) is 4.41. The van der Waals surface area contributed by atoms with E-state index in [0.717, 1.165) is 5.56 Å². The van der Waals surface area contributed by atoms with Gasteiger partial charge < -0.3 is 5.11 Å². The number of carboxylic acids is 1. The van der Waals surface area contributed by atoms with Crippen LogP contribution < -0.4 is 0 Å². The number of carbonyl (C=O) groups is 1. The molecule has 0 atom stereocenters. The Morgan fingerprint density at radius 3 is 2.65 bits per heavy atom. The molecule has 0 unspecified atom stereocenters. The van der Waals surface area contributed by atoms with E-state index in [-0.39, 0.29) is 6.54 Å². The van der Waals surface area contributed by atoms with Crippen LogP contribution in [0.15, 0.2) is 30.9 Å². The molecule has 0 fully saturated rings. The molecule has 0 aromatic heterocycles. The summed E-state index contributed by atoms with van der Waals surface area (Å²) in [5.41, 5.74) is 0.919. The van der Waals surface area contributed by atoms with Crippen molar-refractivity contribution in [2.45, 2.75) is 6.54 Å². The number of aliphatic carboxylic acids is 1. The van der Waals surface area contributed by atoms with Gasteiger partial charge in [0.1, 0.15) is 0 Å². The van der Waals surface area contributed by atoms with Crippen LogP contribution in [-0.2, 0) is 11.3 Å². The average Bonchev–Trinajstić information content (AvgIpc) is 2.23. The fourth-order valence-corrected chi connectivity index (χ4v) is 1.78. The summed E-state index contributed by atoms with van der Waals surface area (Å²) in [6.45, 7) is 4.57. The van der Waals surface area contributed by atoms with Gasteiger partial charge >= 0.3 is 5.97 Å². The van der Waals surface area contributed by atoms with Crippen LogP contribution in [0.3, 0.4) is 0 Å².